The molecule has 0 spiro atoms. The van der Waals surface area contributed by atoms with Crippen LogP contribution in [0.25, 0.3) is 0 Å². The van der Waals surface area contributed by atoms with E-state index in [1.807, 2.05) is 6.92 Å². The molecule has 0 saturated carbocycles. The van der Waals surface area contributed by atoms with Crippen LogP contribution in [0.2, 0.25) is 5.15 Å². The topological polar surface area (TPSA) is 88.4 Å². The van der Waals surface area contributed by atoms with E-state index >= 15 is 0 Å². The zero-order valence-corrected chi connectivity index (χ0v) is 14.7. The molecule has 122 valence electrons. The molecule has 0 aliphatic carbocycles. The molecule has 0 bridgehead atoms. The number of aromatic nitrogens is 2. The first-order valence-corrected chi connectivity index (χ1v) is 9.46. The van der Waals surface area contributed by atoms with Crippen molar-refractivity contribution in [2.45, 2.75) is 26.3 Å². The Morgan fingerprint density at radius 3 is 2.95 bits per heavy atom. The third kappa shape index (κ3) is 3.96. The molecule has 1 aliphatic heterocycles. The van der Waals surface area contributed by atoms with Gasteiger partial charge in [-0.25, -0.2) is 13.1 Å². The molecule has 10 heteroatoms. The normalized spacial score (nSPS) is 20.4. The van der Waals surface area contributed by atoms with Gasteiger partial charge in [0, 0.05) is 6.54 Å². The number of hydrogen-bond donors (Lipinski definition) is 2. The van der Waals surface area contributed by atoms with Gasteiger partial charge in [-0.2, -0.15) is 10.2 Å². The Morgan fingerprint density at radius 1 is 1.64 bits per heavy atom. The first-order valence-electron chi connectivity index (χ1n) is 6.86. The van der Waals surface area contributed by atoms with Crippen LogP contribution in [0.1, 0.15) is 30.6 Å². The molecule has 1 saturated heterocycles. The lowest BCUT2D eigenvalue weighted by molar-refractivity contribution is 0.497. The number of aryl methyl sites for hydroxylation is 1. The molecule has 2 N–H and O–H groups in total. The summed E-state index contributed by atoms with van der Waals surface area (Å²) in [5, 5.41) is 12.1. The van der Waals surface area contributed by atoms with Crippen molar-refractivity contribution in [3.63, 3.8) is 0 Å². The van der Waals surface area contributed by atoms with Gasteiger partial charge in [-0.05, 0) is 32.5 Å². The number of hydrogen-bond acceptors (Lipinski definition) is 5. The molecule has 7 nitrogen and oxygen atoms in total. The molecular weight excluding hydrogens is 346 g/mol. The fourth-order valence-electron chi connectivity index (χ4n) is 2.24. The maximum atomic E-state index is 11.6. The first kappa shape index (κ1) is 17.2. The average molecular weight is 364 g/mol. The highest BCUT2D eigenvalue weighted by molar-refractivity contribution is 7.91. The van der Waals surface area contributed by atoms with E-state index in [1.54, 1.807) is 11.6 Å². The predicted molar refractivity (Wildman–Crippen MR) is 91.3 cm³/mol. The maximum Gasteiger partial charge on any atom is 0.186 e. The summed E-state index contributed by atoms with van der Waals surface area (Å²) in [5.74, 6) is 0.252. The first-order chi connectivity index (χ1) is 10.3. The summed E-state index contributed by atoms with van der Waals surface area (Å²) >= 11 is 11.3. The van der Waals surface area contributed by atoms with E-state index in [-0.39, 0.29) is 17.5 Å². The molecule has 0 amide bonds. The second-order valence-electron chi connectivity index (χ2n) is 5.02. The Bertz CT molecular complexity index is 699. The summed E-state index contributed by atoms with van der Waals surface area (Å²) in [7, 11) is -2.99. The van der Waals surface area contributed by atoms with Crippen LogP contribution < -0.4 is 10.7 Å². The molecule has 0 radical (unpaired) electrons. The third-order valence-corrected chi connectivity index (χ3v) is 5.69. The summed E-state index contributed by atoms with van der Waals surface area (Å²) in [6.45, 7) is 4.43. The third-order valence-electron chi connectivity index (χ3n) is 3.32. The highest BCUT2D eigenvalue weighted by Crippen LogP contribution is 2.29. The maximum absolute atomic E-state index is 11.6. The van der Waals surface area contributed by atoms with Gasteiger partial charge in [0.25, 0.3) is 0 Å². The molecule has 1 aromatic heterocycles. The Labute approximate surface area is 140 Å². The largest absolute Gasteiger partial charge is 0.362 e. The molecular formula is C12H18ClN5O2S2. The second-order valence-corrected chi connectivity index (χ2v) is 8.02. The van der Waals surface area contributed by atoms with Gasteiger partial charge in [0.2, 0.25) is 0 Å². The van der Waals surface area contributed by atoms with Crippen LogP contribution in [0.5, 0.6) is 0 Å². The number of nitrogens with one attached hydrogen (secondary N) is 2. The van der Waals surface area contributed by atoms with Gasteiger partial charge >= 0.3 is 0 Å². The summed E-state index contributed by atoms with van der Waals surface area (Å²) in [4.78, 5) is 0. The van der Waals surface area contributed by atoms with E-state index in [0.717, 1.165) is 0 Å². The van der Waals surface area contributed by atoms with Gasteiger partial charge in [0.1, 0.15) is 5.15 Å². The van der Waals surface area contributed by atoms with Crippen molar-refractivity contribution in [1.82, 2.24) is 20.5 Å². The van der Waals surface area contributed by atoms with Crippen LogP contribution in [0.15, 0.2) is 5.10 Å². The number of halogens is 1. The van der Waals surface area contributed by atoms with E-state index in [2.05, 4.69) is 20.9 Å². The minimum absolute atomic E-state index is 0.0766. The molecule has 1 atom stereocenters. The predicted octanol–water partition coefficient (Wildman–Crippen LogP) is 1.02. The zero-order valence-electron chi connectivity index (χ0n) is 12.3. The Hall–Kier alpha value is -1.19. The number of nitrogens with zero attached hydrogens (tertiary/aromatic N) is 3. The summed E-state index contributed by atoms with van der Waals surface area (Å²) < 4.78 is 24.7. The molecule has 1 aliphatic rings. The van der Waals surface area contributed by atoms with Crippen LogP contribution in [-0.4, -0.2) is 47.6 Å². The highest BCUT2D eigenvalue weighted by atomic mass is 35.5. The van der Waals surface area contributed by atoms with Gasteiger partial charge in [-0.1, -0.05) is 11.6 Å². The van der Waals surface area contributed by atoms with E-state index in [9.17, 15) is 8.42 Å². The minimum Gasteiger partial charge on any atom is -0.362 e. The lowest BCUT2D eigenvalue weighted by atomic mass is 10.2. The molecule has 22 heavy (non-hydrogen) atoms. The van der Waals surface area contributed by atoms with Crippen molar-refractivity contribution >= 4 is 45.0 Å². The van der Waals surface area contributed by atoms with E-state index in [1.165, 1.54) is 6.21 Å². The smallest absolute Gasteiger partial charge is 0.186 e. The van der Waals surface area contributed by atoms with Gasteiger partial charge < -0.3 is 5.32 Å². The molecule has 0 aromatic carbocycles. The summed E-state index contributed by atoms with van der Waals surface area (Å²) in [6.07, 6.45) is 2.07. The molecule has 1 fully saturated rings. The summed E-state index contributed by atoms with van der Waals surface area (Å²) in [6, 6.07) is -0.214. The Morgan fingerprint density at radius 2 is 2.36 bits per heavy atom. The van der Waals surface area contributed by atoms with Crippen LogP contribution in [-0.2, 0) is 9.84 Å². The average Bonchev–Trinajstić information content (AvgIpc) is 2.92. The van der Waals surface area contributed by atoms with Crippen LogP contribution in [0.4, 0.5) is 0 Å². The van der Waals surface area contributed by atoms with Crippen molar-refractivity contribution < 1.29 is 8.42 Å². The van der Waals surface area contributed by atoms with E-state index in [4.69, 9.17) is 23.8 Å². The van der Waals surface area contributed by atoms with Crippen molar-refractivity contribution in [3.05, 3.63) is 16.4 Å². The van der Waals surface area contributed by atoms with Crippen molar-refractivity contribution in [2.24, 2.45) is 5.10 Å². The van der Waals surface area contributed by atoms with Crippen molar-refractivity contribution in [2.75, 3.05) is 18.1 Å². The standard InChI is InChI=1S/C12H18ClN5O2S2/c1-3-14-12(21)16-15-6-10-8(2)17-18(11(10)13)9-4-5-22(19,20)7-9/h6,9H,3-5,7H2,1-2H3,(H2,14,16,21)/b15-6-/t9-/m0/s1. The van der Waals surface area contributed by atoms with Crippen molar-refractivity contribution in [3.8, 4) is 0 Å². The van der Waals surface area contributed by atoms with E-state index < -0.39 is 9.84 Å². The monoisotopic (exact) mass is 363 g/mol. The summed E-state index contributed by atoms with van der Waals surface area (Å²) in [5.41, 5.74) is 4.02. The van der Waals surface area contributed by atoms with Gasteiger partial charge in [0.15, 0.2) is 14.9 Å². The van der Waals surface area contributed by atoms with Gasteiger partial charge in [0.05, 0.1) is 35.0 Å². The quantitative estimate of drug-likeness (QED) is 0.472. The Kier molecular flexibility index (Phi) is 5.41. The lowest BCUT2D eigenvalue weighted by Gasteiger charge is -2.09. The fourth-order valence-corrected chi connectivity index (χ4v) is 4.49. The number of hydrazone groups is 1. The van der Waals surface area contributed by atoms with Gasteiger partial charge in [-0.15, -0.1) is 0 Å². The number of sulfone groups is 1. The zero-order chi connectivity index (χ0) is 16.3. The second kappa shape index (κ2) is 6.93. The molecule has 0 unspecified atom stereocenters. The fraction of sp³-hybridized carbons (Fsp3) is 0.583. The molecule has 2 heterocycles. The number of thiocarbonyl (C=S) groups is 1. The molecule has 2 rings (SSSR count). The lowest BCUT2D eigenvalue weighted by Crippen LogP contribution is -2.31. The van der Waals surface area contributed by atoms with Crippen molar-refractivity contribution in [1.29, 1.82) is 0 Å². The molecule has 1 aromatic rings. The van der Waals surface area contributed by atoms with Crippen LogP contribution in [0.3, 0.4) is 0 Å². The minimum atomic E-state index is -2.99. The van der Waals surface area contributed by atoms with Gasteiger partial charge in [-0.3, -0.25) is 5.43 Å². The van der Waals surface area contributed by atoms with Crippen LogP contribution >= 0.6 is 23.8 Å². The SMILES string of the molecule is CCNC(=S)N/N=C\c1c(C)nn([C@H]2CCS(=O)(=O)C2)c1Cl. The van der Waals surface area contributed by atoms with Crippen LogP contribution in [0, 0.1) is 6.92 Å². The Balaban J connectivity index is 2.14. The van der Waals surface area contributed by atoms with E-state index in [0.29, 0.717) is 34.5 Å². The highest BCUT2D eigenvalue weighted by Gasteiger charge is 2.31. The number of rotatable bonds is 4.